The Kier molecular flexibility index (Phi) is 3.79. The molecule has 0 bridgehead atoms. The molecule has 16 heavy (non-hydrogen) atoms. The molecule has 1 aliphatic carbocycles. The highest BCUT2D eigenvalue weighted by Gasteiger charge is 2.34. The molecule has 2 rings (SSSR count). The summed E-state index contributed by atoms with van der Waals surface area (Å²) in [7, 11) is 0. The quantitative estimate of drug-likeness (QED) is 0.757. The van der Waals surface area contributed by atoms with E-state index in [1.165, 1.54) is 32.1 Å². The summed E-state index contributed by atoms with van der Waals surface area (Å²) in [6, 6.07) is 2.45. The fourth-order valence-electron chi connectivity index (χ4n) is 2.88. The zero-order valence-electron chi connectivity index (χ0n) is 9.61. The van der Waals surface area contributed by atoms with Crippen LogP contribution >= 0.6 is 0 Å². The normalized spacial score (nSPS) is 28.4. The minimum Gasteiger partial charge on any atom is -0.353 e. The molecular formula is C12H19N3O. The van der Waals surface area contributed by atoms with E-state index in [4.69, 9.17) is 5.26 Å². The van der Waals surface area contributed by atoms with Crippen LogP contribution in [0.2, 0.25) is 0 Å². The second-order valence-electron chi connectivity index (χ2n) is 4.70. The minimum atomic E-state index is -0.207. The van der Waals surface area contributed by atoms with Gasteiger partial charge in [0.2, 0.25) is 5.91 Å². The average Bonchev–Trinajstić information content (AvgIpc) is 2.33. The van der Waals surface area contributed by atoms with Crippen LogP contribution in [0.4, 0.5) is 0 Å². The molecule has 88 valence electrons. The Labute approximate surface area is 96.6 Å². The van der Waals surface area contributed by atoms with Gasteiger partial charge < -0.3 is 5.32 Å². The molecule has 1 heterocycles. The van der Waals surface area contributed by atoms with Gasteiger partial charge in [0.1, 0.15) is 6.04 Å². The van der Waals surface area contributed by atoms with Crippen LogP contribution in [0, 0.1) is 11.3 Å². The number of carbonyl (C=O) groups excluding carboxylic acids is 1. The smallest absolute Gasteiger partial charge is 0.238 e. The molecule has 1 saturated carbocycles. The zero-order valence-corrected chi connectivity index (χ0v) is 9.61. The van der Waals surface area contributed by atoms with Gasteiger partial charge in [-0.05, 0) is 12.8 Å². The SMILES string of the molecule is N#CCC1C(=O)NCCN1C1CCCCC1. The Morgan fingerprint density at radius 1 is 1.38 bits per heavy atom. The summed E-state index contributed by atoms with van der Waals surface area (Å²) in [5.41, 5.74) is 0. The number of nitriles is 1. The predicted octanol–water partition coefficient (Wildman–Crippen LogP) is 1.03. The summed E-state index contributed by atoms with van der Waals surface area (Å²) < 4.78 is 0. The number of carbonyl (C=O) groups is 1. The molecule has 1 saturated heterocycles. The lowest BCUT2D eigenvalue weighted by Crippen LogP contribution is -2.58. The maximum atomic E-state index is 11.7. The number of piperazine rings is 1. The Morgan fingerprint density at radius 3 is 2.81 bits per heavy atom. The van der Waals surface area contributed by atoms with Gasteiger partial charge in [0.25, 0.3) is 0 Å². The standard InChI is InChI=1S/C12H19N3O/c13-7-6-11-12(16)14-8-9-15(11)10-4-2-1-3-5-10/h10-11H,1-6,8-9H2,(H,14,16). The molecule has 4 nitrogen and oxygen atoms in total. The highest BCUT2D eigenvalue weighted by molar-refractivity contribution is 5.82. The first kappa shape index (κ1) is 11.4. The van der Waals surface area contributed by atoms with Gasteiger partial charge in [0.05, 0.1) is 12.5 Å². The Morgan fingerprint density at radius 2 is 2.12 bits per heavy atom. The molecule has 0 spiro atoms. The van der Waals surface area contributed by atoms with Crippen molar-refractivity contribution in [3.63, 3.8) is 0 Å². The first-order chi connectivity index (χ1) is 7.83. The van der Waals surface area contributed by atoms with Gasteiger partial charge in [0, 0.05) is 19.1 Å². The van der Waals surface area contributed by atoms with Crippen molar-refractivity contribution in [2.24, 2.45) is 0 Å². The number of amides is 1. The molecule has 1 amide bonds. The largest absolute Gasteiger partial charge is 0.353 e. The van der Waals surface area contributed by atoms with Gasteiger partial charge in [0.15, 0.2) is 0 Å². The molecule has 0 aromatic carbocycles. The molecule has 1 atom stereocenters. The fourth-order valence-corrected chi connectivity index (χ4v) is 2.88. The number of rotatable bonds is 2. The first-order valence-electron chi connectivity index (χ1n) is 6.23. The number of hydrogen-bond donors (Lipinski definition) is 1. The average molecular weight is 221 g/mol. The summed E-state index contributed by atoms with van der Waals surface area (Å²) in [6.45, 7) is 1.64. The van der Waals surface area contributed by atoms with Gasteiger partial charge in [-0.25, -0.2) is 0 Å². The summed E-state index contributed by atoms with van der Waals surface area (Å²) in [5.74, 6) is 0.0402. The summed E-state index contributed by atoms with van der Waals surface area (Å²) >= 11 is 0. The van der Waals surface area contributed by atoms with Crippen LogP contribution in [-0.2, 0) is 4.79 Å². The van der Waals surface area contributed by atoms with Crippen molar-refractivity contribution in [3.05, 3.63) is 0 Å². The fraction of sp³-hybridized carbons (Fsp3) is 0.833. The Balaban J connectivity index is 2.04. The second kappa shape index (κ2) is 5.31. The first-order valence-corrected chi connectivity index (χ1v) is 6.23. The Bertz CT molecular complexity index is 291. The van der Waals surface area contributed by atoms with Gasteiger partial charge in [-0.2, -0.15) is 5.26 Å². The molecule has 1 unspecified atom stereocenters. The third-order valence-electron chi connectivity index (χ3n) is 3.70. The lowest BCUT2D eigenvalue weighted by Gasteiger charge is -2.41. The summed E-state index contributed by atoms with van der Waals surface area (Å²) in [6.07, 6.45) is 6.55. The minimum absolute atomic E-state index is 0.0402. The van der Waals surface area contributed by atoms with Crippen LogP contribution in [0.15, 0.2) is 0 Å². The third kappa shape index (κ3) is 2.35. The van der Waals surface area contributed by atoms with E-state index in [-0.39, 0.29) is 11.9 Å². The van der Waals surface area contributed by atoms with Crippen molar-refractivity contribution in [2.75, 3.05) is 13.1 Å². The van der Waals surface area contributed by atoms with E-state index in [1.807, 2.05) is 0 Å². The van der Waals surface area contributed by atoms with Crippen molar-refractivity contribution in [1.82, 2.24) is 10.2 Å². The van der Waals surface area contributed by atoms with Crippen molar-refractivity contribution < 1.29 is 4.79 Å². The van der Waals surface area contributed by atoms with E-state index in [0.29, 0.717) is 12.5 Å². The second-order valence-corrected chi connectivity index (χ2v) is 4.70. The molecule has 0 aromatic rings. The molecule has 1 aliphatic heterocycles. The third-order valence-corrected chi connectivity index (χ3v) is 3.70. The Hall–Kier alpha value is -1.08. The van der Waals surface area contributed by atoms with E-state index in [0.717, 1.165) is 13.1 Å². The van der Waals surface area contributed by atoms with E-state index >= 15 is 0 Å². The van der Waals surface area contributed by atoms with Gasteiger partial charge in [-0.1, -0.05) is 19.3 Å². The molecule has 1 N–H and O–H groups in total. The van der Waals surface area contributed by atoms with E-state index in [2.05, 4.69) is 16.3 Å². The van der Waals surface area contributed by atoms with Crippen LogP contribution in [0.5, 0.6) is 0 Å². The molecule has 2 fully saturated rings. The highest BCUT2D eigenvalue weighted by atomic mass is 16.2. The van der Waals surface area contributed by atoms with Gasteiger partial charge in [-0.3, -0.25) is 9.69 Å². The molecule has 0 aromatic heterocycles. The molecule has 0 radical (unpaired) electrons. The lowest BCUT2D eigenvalue weighted by molar-refractivity contribution is -0.130. The van der Waals surface area contributed by atoms with Gasteiger partial charge in [-0.15, -0.1) is 0 Å². The maximum absolute atomic E-state index is 11.7. The maximum Gasteiger partial charge on any atom is 0.238 e. The van der Waals surface area contributed by atoms with Crippen LogP contribution in [0.3, 0.4) is 0 Å². The molecule has 4 heteroatoms. The number of nitrogens with one attached hydrogen (secondary N) is 1. The van der Waals surface area contributed by atoms with Gasteiger partial charge >= 0.3 is 0 Å². The van der Waals surface area contributed by atoms with Crippen molar-refractivity contribution in [3.8, 4) is 6.07 Å². The van der Waals surface area contributed by atoms with Crippen LogP contribution in [0.1, 0.15) is 38.5 Å². The van der Waals surface area contributed by atoms with Crippen molar-refractivity contribution >= 4 is 5.91 Å². The monoisotopic (exact) mass is 221 g/mol. The number of nitrogens with zero attached hydrogens (tertiary/aromatic N) is 2. The van der Waals surface area contributed by atoms with E-state index in [1.54, 1.807) is 0 Å². The zero-order chi connectivity index (χ0) is 11.4. The lowest BCUT2D eigenvalue weighted by atomic mass is 9.92. The molecular weight excluding hydrogens is 202 g/mol. The van der Waals surface area contributed by atoms with E-state index in [9.17, 15) is 4.79 Å². The van der Waals surface area contributed by atoms with Crippen LogP contribution < -0.4 is 5.32 Å². The number of hydrogen-bond acceptors (Lipinski definition) is 3. The summed E-state index contributed by atoms with van der Waals surface area (Å²) in [4.78, 5) is 14.0. The van der Waals surface area contributed by atoms with Crippen molar-refractivity contribution in [2.45, 2.75) is 50.6 Å². The van der Waals surface area contributed by atoms with Crippen LogP contribution in [-0.4, -0.2) is 36.0 Å². The topological polar surface area (TPSA) is 56.1 Å². The highest BCUT2D eigenvalue weighted by Crippen LogP contribution is 2.25. The summed E-state index contributed by atoms with van der Waals surface area (Å²) in [5, 5.41) is 11.7. The molecule has 2 aliphatic rings. The van der Waals surface area contributed by atoms with E-state index < -0.39 is 0 Å². The predicted molar refractivity (Wildman–Crippen MR) is 60.6 cm³/mol. The van der Waals surface area contributed by atoms with Crippen LogP contribution in [0.25, 0.3) is 0 Å². The van der Waals surface area contributed by atoms with Crippen molar-refractivity contribution in [1.29, 1.82) is 5.26 Å².